The van der Waals surface area contributed by atoms with Gasteiger partial charge < -0.3 is 4.90 Å². The van der Waals surface area contributed by atoms with Crippen LogP contribution >= 0.6 is 0 Å². The molecule has 0 saturated heterocycles. The first-order chi connectivity index (χ1) is 10.0. The summed E-state index contributed by atoms with van der Waals surface area (Å²) >= 11 is 0. The maximum absolute atomic E-state index is 13.3. The van der Waals surface area contributed by atoms with Gasteiger partial charge in [-0.25, -0.2) is 13.8 Å². The highest BCUT2D eigenvalue weighted by Crippen LogP contribution is 2.27. The molecule has 21 heavy (non-hydrogen) atoms. The van der Waals surface area contributed by atoms with Gasteiger partial charge in [0.2, 0.25) is 0 Å². The molecule has 106 valence electrons. The Morgan fingerprint density at radius 2 is 1.71 bits per heavy atom. The molecule has 0 fully saturated rings. The molecule has 0 bridgehead atoms. The Morgan fingerprint density at radius 1 is 1.05 bits per heavy atom. The molecule has 0 amide bonds. The van der Waals surface area contributed by atoms with Gasteiger partial charge in [-0.3, -0.25) is 0 Å². The van der Waals surface area contributed by atoms with Crippen LogP contribution in [0, 0.1) is 23.0 Å². The lowest BCUT2D eigenvalue weighted by atomic mass is 10.0. The molecular weight excluding hydrogens is 272 g/mol. The molecule has 0 aromatic heterocycles. The third kappa shape index (κ3) is 3.42. The molecule has 0 radical (unpaired) electrons. The standard InChI is InChI=1S/C16H13F2N3/c1-21(2)10-20-16-6-4-11(7-13(16)9-19)12-3-5-14(17)15(18)8-12/h3-8,10H,1-2H3. The molecule has 3 nitrogen and oxygen atoms in total. The van der Waals surface area contributed by atoms with Gasteiger partial charge in [-0.15, -0.1) is 0 Å². The van der Waals surface area contributed by atoms with Crippen molar-refractivity contribution in [1.82, 2.24) is 4.90 Å². The Hall–Kier alpha value is -2.74. The minimum atomic E-state index is -0.916. The summed E-state index contributed by atoms with van der Waals surface area (Å²) in [6, 6.07) is 10.7. The van der Waals surface area contributed by atoms with E-state index in [-0.39, 0.29) is 0 Å². The van der Waals surface area contributed by atoms with E-state index in [2.05, 4.69) is 11.1 Å². The third-order valence-corrected chi connectivity index (χ3v) is 2.80. The molecule has 2 aromatic carbocycles. The predicted molar refractivity (Wildman–Crippen MR) is 78.3 cm³/mol. The number of halogens is 2. The Labute approximate surface area is 121 Å². The molecule has 0 aliphatic heterocycles. The number of aliphatic imine (C=N–C) groups is 1. The topological polar surface area (TPSA) is 39.4 Å². The van der Waals surface area contributed by atoms with Crippen LogP contribution in [0.25, 0.3) is 11.1 Å². The number of hydrogen-bond donors (Lipinski definition) is 0. The number of nitriles is 1. The van der Waals surface area contributed by atoms with Crippen molar-refractivity contribution in [1.29, 1.82) is 5.26 Å². The largest absolute Gasteiger partial charge is 0.369 e. The molecule has 0 spiro atoms. The lowest BCUT2D eigenvalue weighted by Gasteiger charge is -2.06. The van der Waals surface area contributed by atoms with E-state index in [9.17, 15) is 14.0 Å². The van der Waals surface area contributed by atoms with Crippen molar-refractivity contribution < 1.29 is 8.78 Å². The van der Waals surface area contributed by atoms with Crippen LogP contribution < -0.4 is 0 Å². The third-order valence-electron chi connectivity index (χ3n) is 2.80. The van der Waals surface area contributed by atoms with Crippen molar-refractivity contribution in [3.05, 3.63) is 53.6 Å². The highest BCUT2D eigenvalue weighted by Gasteiger charge is 2.07. The van der Waals surface area contributed by atoms with Gasteiger partial charge in [-0.1, -0.05) is 12.1 Å². The van der Waals surface area contributed by atoms with Crippen LogP contribution in [0.2, 0.25) is 0 Å². The summed E-state index contributed by atoms with van der Waals surface area (Å²) in [5, 5.41) is 9.18. The van der Waals surface area contributed by atoms with Crippen LogP contribution in [0.5, 0.6) is 0 Å². The predicted octanol–water partition coefficient (Wildman–Crippen LogP) is 3.72. The zero-order valence-corrected chi connectivity index (χ0v) is 11.6. The molecule has 0 N–H and O–H groups in total. The summed E-state index contributed by atoms with van der Waals surface area (Å²) in [5.41, 5.74) is 2.04. The van der Waals surface area contributed by atoms with Gasteiger partial charge in [0.05, 0.1) is 17.6 Å². The number of hydrogen-bond acceptors (Lipinski definition) is 2. The molecule has 0 aliphatic rings. The highest BCUT2D eigenvalue weighted by atomic mass is 19.2. The molecule has 0 heterocycles. The number of nitrogens with zero attached hydrogens (tertiary/aromatic N) is 3. The molecular formula is C16H13F2N3. The Bertz CT molecular complexity index is 731. The fourth-order valence-corrected chi connectivity index (χ4v) is 1.77. The zero-order chi connectivity index (χ0) is 15.4. The molecule has 0 aliphatic carbocycles. The summed E-state index contributed by atoms with van der Waals surface area (Å²) in [7, 11) is 3.65. The molecule has 0 atom stereocenters. The second-order valence-corrected chi connectivity index (χ2v) is 4.68. The minimum absolute atomic E-state index is 0.371. The zero-order valence-electron chi connectivity index (χ0n) is 11.6. The highest BCUT2D eigenvalue weighted by molar-refractivity contribution is 5.72. The van der Waals surface area contributed by atoms with Gasteiger partial charge in [-0.2, -0.15) is 5.26 Å². The van der Waals surface area contributed by atoms with E-state index in [4.69, 9.17) is 0 Å². The lowest BCUT2D eigenvalue weighted by molar-refractivity contribution is 0.509. The van der Waals surface area contributed by atoms with E-state index in [0.29, 0.717) is 22.4 Å². The quantitative estimate of drug-likeness (QED) is 0.637. The van der Waals surface area contributed by atoms with Crippen LogP contribution in [0.3, 0.4) is 0 Å². The van der Waals surface area contributed by atoms with Gasteiger partial charge in [0.15, 0.2) is 11.6 Å². The van der Waals surface area contributed by atoms with E-state index < -0.39 is 11.6 Å². The van der Waals surface area contributed by atoms with Crippen molar-refractivity contribution in [2.75, 3.05) is 14.1 Å². The average Bonchev–Trinajstić information content (AvgIpc) is 2.47. The van der Waals surface area contributed by atoms with Crippen molar-refractivity contribution in [2.24, 2.45) is 4.99 Å². The molecule has 2 rings (SSSR count). The summed E-state index contributed by atoms with van der Waals surface area (Å²) in [5.74, 6) is -1.81. The number of benzene rings is 2. The number of rotatable bonds is 3. The second kappa shape index (κ2) is 6.14. The van der Waals surface area contributed by atoms with Gasteiger partial charge in [-0.05, 0) is 35.4 Å². The van der Waals surface area contributed by atoms with Crippen molar-refractivity contribution in [2.45, 2.75) is 0 Å². The van der Waals surface area contributed by atoms with Crippen molar-refractivity contribution in [3.63, 3.8) is 0 Å². The minimum Gasteiger partial charge on any atom is -0.369 e. The summed E-state index contributed by atoms with van der Waals surface area (Å²) in [4.78, 5) is 5.94. The maximum Gasteiger partial charge on any atom is 0.159 e. The lowest BCUT2D eigenvalue weighted by Crippen LogP contribution is -2.07. The fraction of sp³-hybridized carbons (Fsp3) is 0.125. The van der Waals surface area contributed by atoms with Gasteiger partial charge >= 0.3 is 0 Å². The second-order valence-electron chi connectivity index (χ2n) is 4.68. The smallest absolute Gasteiger partial charge is 0.159 e. The van der Waals surface area contributed by atoms with E-state index in [1.807, 2.05) is 14.1 Å². The van der Waals surface area contributed by atoms with E-state index in [1.54, 1.807) is 29.4 Å². The van der Waals surface area contributed by atoms with Crippen LogP contribution in [0.4, 0.5) is 14.5 Å². The first-order valence-corrected chi connectivity index (χ1v) is 6.21. The Morgan fingerprint density at radius 3 is 2.33 bits per heavy atom. The summed E-state index contributed by atoms with van der Waals surface area (Å²) < 4.78 is 26.2. The summed E-state index contributed by atoms with van der Waals surface area (Å²) in [6.07, 6.45) is 1.59. The first-order valence-electron chi connectivity index (χ1n) is 6.21. The van der Waals surface area contributed by atoms with Gasteiger partial charge in [0.25, 0.3) is 0 Å². The van der Waals surface area contributed by atoms with Crippen LogP contribution in [-0.4, -0.2) is 25.3 Å². The summed E-state index contributed by atoms with van der Waals surface area (Å²) in [6.45, 7) is 0. The molecule has 2 aromatic rings. The average molecular weight is 285 g/mol. The van der Waals surface area contributed by atoms with Crippen molar-refractivity contribution in [3.8, 4) is 17.2 Å². The monoisotopic (exact) mass is 285 g/mol. The Kier molecular flexibility index (Phi) is 4.29. The van der Waals surface area contributed by atoms with Crippen molar-refractivity contribution >= 4 is 12.0 Å². The molecule has 5 heteroatoms. The fourth-order valence-electron chi connectivity index (χ4n) is 1.77. The normalized spacial score (nSPS) is 10.6. The molecule has 0 saturated carbocycles. The molecule has 0 unspecified atom stereocenters. The van der Waals surface area contributed by atoms with Gasteiger partial charge in [0, 0.05) is 14.1 Å². The SMILES string of the molecule is CN(C)C=Nc1ccc(-c2ccc(F)c(F)c2)cc1C#N. The first kappa shape index (κ1) is 14.7. The maximum atomic E-state index is 13.3. The van der Waals surface area contributed by atoms with Crippen LogP contribution in [0.1, 0.15) is 5.56 Å². The van der Waals surface area contributed by atoms with Crippen LogP contribution in [-0.2, 0) is 0 Å². The van der Waals surface area contributed by atoms with E-state index in [1.165, 1.54) is 6.07 Å². The van der Waals surface area contributed by atoms with E-state index >= 15 is 0 Å². The van der Waals surface area contributed by atoms with E-state index in [0.717, 1.165) is 12.1 Å². The van der Waals surface area contributed by atoms with Crippen LogP contribution in [0.15, 0.2) is 41.4 Å². The Balaban J connectivity index is 2.43. The van der Waals surface area contributed by atoms with Gasteiger partial charge in [0.1, 0.15) is 6.07 Å².